The molecule has 1 saturated carbocycles. The molecule has 1 aromatic heterocycles. The third-order valence-electron chi connectivity index (χ3n) is 3.94. The molecule has 0 radical (unpaired) electrons. The fraction of sp³-hybridized carbons (Fsp3) is 0.467. The van der Waals surface area contributed by atoms with Gasteiger partial charge in [-0.25, -0.2) is 0 Å². The first-order valence-corrected chi connectivity index (χ1v) is 7.22. The van der Waals surface area contributed by atoms with E-state index in [0.29, 0.717) is 11.4 Å². The molecule has 3 rings (SSSR count). The Kier molecular flexibility index (Phi) is 3.34. The molecule has 0 aliphatic heterocycles. The number of aromatic nitrogens is 2. The van der Waals surface area contributed by atoms with Crippen LogP contribution in [0.25, 0.3) is 10.9 Å². The van der Waals surface area contributed by atoms with Crippen molar-refractivity contribution in [3.05, 3.63) is 23.9 Å². The lowest BCUT2D eigenvalue weighted by molar-refractivity contribution is 0.0929. The monoisotopic (exact) mass is 272 g/mol. The number of hydrogen-bond acceptors (Lipinski definition) is 3. The van der Waals surface area contributed by atoms with E-state index >= 15 is 0 Å². The van der Waals surface area contributed by atoms with Crippen molar-refractivity contribution in [1.29, 1.82) is 0 Å². The third kappa shape index (κ3) is 2.61. The number of rotatable bonds is 5. The number of H-pyrrole nitrogens is 1. The van der Waals surface area contributed by atoms with Crippen molar-refractivity contribution in [2.24, 2.45) is 5.92 Å². The number of carbonyl (C=O) groups is 1. The van der Waals surface area contributed by atoms with E-state index < -0.39 is 0 Å². The Morgan fingerprint density at radius 3 is 3.05 bits per heavy atom. The van der Waals surface area contributed by atoms with Gasteiger partial charge in [0.25, 0.3) is 5.91 Å². The molecule has 1 atom stereocenters. The number of nitrogens with two attached hydrogens (primary N) is 1. The number of nitrogen functional groups attached to an aromatic ring is 1. The number of anilines is 1. The van der Waals surface area contributed by atoms with Gasteiger partial charge in [-0.2, -0.15) is 5.10 Å². The van der Waals surface area contributed by atoms with Crippen molar-refractivity contribution in [1.82, 2.24) is 15.5 Å². The first kappa shape index (κ1) is 13.0. The van der Waals surface area contributed by atoms with Gasteiger partial charge in [0.1, 0.15) is 0 Å². The van der Waals surface area contributed by atoms with Crippen LogP contribution in [0.3, 0.4) is 0 Å². The molecule has 1 unspecified atom stereocenters. The van der Waals surface area contributed by atoms with E-state index in [1.54, 1.807) is 12.1 Å². The predicted molar refractivity (Wildman–Crippen MR) is 79.4 cm³/mol. The zero-order valence-corrected chi connectivity index (χ0v) is 11.6. The van der Waals surface area contributed by atoms with Crippen LogP contribution in [0, 0.1) is 5.92 Å². The second-order valence-corrected chi connectivity index (χ2v) is 5.63. The van der Waals surface area contributed by atoms with E-state index in [1.165, 1.54) is 12.8 Å². The van der Waals surface area contributed by atoms with Crippen molar-refractivity contribution in [3.8, 4) is 0 Å². The van der Waals surface area contributed by atoms with Gasteiger partial charge in [0, 0.05) is 17.1 Å². The summed E-state index contributed by atoms with van der Waals surface area (Å²) < 4.78 is 0. The largest absolute Gasteiger partial charge is 0.399 e. The predicted octanol–water partition coefficient (Wildman–Crippen LogP) is 2.45. The maximum Gasteiger partial charge on any atom is 0.272 e. The van der Waals surface area contributed by atoms with Crippen molar-refractivity contribution in [3.63, 3.8) is 0 Å². The fourth-order valence-electron chi connectivity index (χ4n) is 2.54. The van der Waals surface area contributed by atoms with Crippen molar-refractivity contribution >= 4 is 22.5 Å². The van der Waals surface area contributed by atoms with E-state index in [4.69, 9.17) is 5.73 Å². The van der Waals surface area contributed by atoms with Crippen LogP contribution < -0.4 is 11.1 Å². The Labute approximate surface area is 117 Å². The second-order valence-electron chi connectivity index (χ2n) is 5.63. The summed E-state index contributed by atoms with van der Waals surface area (Å²) in [5.74, 6) is 0.682. The van der Waals surface area contributed by atoms with Gasteiger partial charge in [0.05, 0.1) is 5.52 Å². The lowest BCUT2D eigenvalue weighted by Gasteiger charge is -2.15. The Bertz CT molecular complexity index is 630. The summed E-state index contributed by atoms with van der Waals surface area (Å²) in [5.41, 5.74) is 7.68. The van der Waals surface area contributed by atoms with Gasteiger partial charge in [-0.1, -0.05) is 19.8 Å². The second kappa shape index (κ2) is 5.15. The summed E-state index contributed by atoms with van der Waals surface area (Å²) in [6, 6.07) is 5.66. The molecular formula is C15H20N4O. The summed E-state index contributed by atoms with van der Waals surface area (Å²) in [6.45, 7) is 2.11. The van der Waals surface area contributed by atoms with Gasteiger partial charge in [0.15, 0.2) is 5.69 Å². The standard InChI is InChI=1S/C15H20N4O/c1-2-11(7-9-3-4-9)17-15(20)14-12-8-10(16)5-6-13(12)18-19-14/h5-6,8-9,11H,2-4,7,16H2,1H3,(H,17,20)(H,18,19). The van der Waals surface area contributed by atoms with Crippen LogP contribution in [0.5, 0.6) is 0 Å². The summed E-state index contributed by atoms with van der Waals surface area (Å²) in [4.78, 5) is 12.4. The normalized spacial score (nSPS) is 16.2. The van der Waals surface area contributed by atoms with E-state index in [-0.39, 0.29) is 11.9 Å². The van der Waals surface area contributed by atoms with Crippen LogP contribution in [-0.2, 0) is 0 Å². The molecular weight excluding hydrogens is 252 g/mol. The molecule has 106 valence electrons. The maximum atomic E-state index is 12.4. The molecule has 4 N–H and O–H groups in total. The van der Waals surface area contributed by atoms with E-state index in [1.807, 2.05) is 6.07 Å². The molecule has 20 heavy (non-hydrogen) atoms. The van der Waals surface area contributed by atoms with Gasteiger partial charge in [-0.15, -0.1) is 0 Å². The van der Waals surface area contributed by atoms with E-state index in [2.05, 4.69) is 22.4 Å². The van der Waals surface area contributed by atoms with Gasteiger partial charge >= 0.3 is 0 Å². The number of amides is 1. The van der Waals surface area contributed by atoms with Gasteiger partial charge in [0.2, 0.25) is 0 Å². The Morgan fingerprint density at radius 1 is 1.55 bits per heavy atom. The van der Waals surface area contributed by atoms with Crippen molar-refractivity contribution in [2.45, 2.75) is 38.6 Å². The van der Waals surface area contributed by atoms with Crippen molar-refractivity contribution in [2.75, 3.05) is 5.73 Å². The Balaban J connectivity index is 1.78. The molecule has 5 nitrogen and oxygen atoms in total. The molecule has 1 fully saturated rings. The summed E-state index contributed by atoms with van der Waals surface area (Å²) in [5, 5.41) is 10.9. The average molecular weight is 272 g/mol. The molecule has 1 amide bonds. The van der Waals surface area contributed by atoms with Crippen LogP contribution in [0.2, 0.25) is 0 Å². The molecule has 5 heteroatoms. The number of nitrogens with one attached hydrogen (secondary N) is 2. The maximum absolute atomic E-state index is 12.4. The lowest BCUT2D eigenvalue weighted by atomic mass is 10.1. The number of benzene rings is 1. The highest BCUT2D eigenvalue weighted by molar-refractivity contribution is 6.05. The SMILES string of the molecule is CCC(CC1CC1)NC(=O)c1n[nH]c2ccc(N)cc12. The molecule has 2 aromatic rings. The molecule has 1 aliphatic rings. The average Bonchev–Trinajstić information content (AvgIpc) is 3.15. The first-order valence-electron chi connectivity index (χ1n) is 7.22. The van der Waals surface area contributed by atoms with Crippen LogP contribution in [-0.4, -0.2) is 22.1 Å². The van der Waals surface area contributed by atoms with Crippen LogP contribution in [0.4, 0.5) is 5.69 Å². The third-order valence-corrected chi connectivity index (χ3v) is 3.94. The highest BCUT2D eigenvalue weighted by Crippen LogP contribution is 2.34. The summed E-state index contributed by atoms with van der Waals surface area (Å²) in [7, 11) is 0. The molecule has 1 aromatic carbocycles. The summed E-state index contributed by atoms with van der Waals surface area (Å²) >= 11 is 0. The lowest BCUT2D eigenvalue weighted by Crippen LogP contribution is -2.35. The quantitative estimate of drug-likeness (QED) is 0.731. The smallest absolute Gasteiger partial charge is 0.272 e. The molecule has 0 bridgehead atoms. The van der Waals surface area contributed by atoms with Gasteiger partial charge in [-0.3, -0.25) is 9.89 Å². The molecule has 0 saturated heterocycles. The number of fused-ring (bicyclic) bond motifs is 1. The van der Waals surface area contributed by atoms with E-state index in [0.717, 1.165) is 29.7 Å². The zero-order chi connectivity index (χ0) is 14.1. The molecule has 1 aliphatic carbocycles. The summed E-state index contributed by atoms with van der Waals surface area (Å²) in [6.07, 6.45) is 4.63. The van der Waals surface area contributed by atoms with Gasteiger partial charge < -0.3 is 11.1 Å². The number of nitrogens with zero attached hydrogens (tertiary/aromatic N) is 1. The van der Waals surface area contributed by atoms with E-state index in [9.17, 15) is 4.79 Å². The van der Waals surface area contributed by atoms with Crippen molar-refractivity contribution < 1.29 is 4.79 Å². The molecule has 1 heterocycles. The van der Waals surface area contributed by atoms with Gasteiger partial charge in [-0.05, 0) is 37.0 Å². The minimum atomic E-state index is -0.116. The highest BCUT2D eigenvalue weighted by atomic mass is 16.2. The number of aromatic amines is 1. The highest BCUT2D eigenvalue weighted by Gasteiger charge is 2.26. The minimum Gasteiger partial charge on any atom is -0.399 e. The first-order chi connectivity index (χ1) is 9.67. The van der Waals surface area contributed by atoms with Crippen LogP contribution in [0.1, 0.15) is 43.1 Å². The number of carbonyl (C=O) groups excluding carboxylic acids is 1. The zero-order valence-electron chi connectivity index (χ0n) is 11.6. The Hall–Kier alpha value is -2.04. The van der Waals surface area contributed by atoms with Crippen LogP contribution in [0.15, 0.2) is 18.2 Å². The topological polar surface area (TPSA) is 83.8 Å². The number of hydrogen-bond donors (Lipinski definition) is 3. The minimum absolute atomic E-state index is 0.116. The van der Waals surface area contributed by atoms with Crippen LogP contribution >= 0.6 is 0 Å². The molecule has 0 spiro atoms. The Morgan fingerprint density at radius 2 is 2.35 bits per heavy atom. The fourth-order valence-corrected chi connectivity index (χ4v) is 2.54.